The van der Waals surface area contributed by atoms with E-state index in [0.29, 0.717) is 6.42 Å². The lowest BCUT2D eigenvalue weighted by Gasteiger charge is -1.96. The molecule has 0 rings (SSSR count). The number of hydrogen-bond acceptors (Lipinski definition) is 1. The van der Waals surface area contributed by atoms with Crippen molar-refractivity contribution in [1.29, 1.82) is 0 Å². The molecule has 16 heavy (non-hydrogen) atoms. The van der Waals surface area contributed by atoms with Crippen LogP contribution in [0.1, 0.15) is 71.6 Å². The van der Waals surface area contributed by atoms with Crippen LogP contribution in [-0.4, -0.2) is 11.1 Å². The number of allylic oxidation sites excluding steroid dienone is 1. The molecule has 0 aromatic rings. The van der Waals surface area contributed by atoms with Crippen molar-refractivity contribution in [2.45, 2.75) is 71.6 Å². The zero-order valence-electron chi connectivity index (χ0n) is 11.0. The number of carbonyl (C=O) groups is 1. The number of carboxylic acid groups (broad SMARTS) is 1. The fourth-order valence-electron chi connectivity index (χ4n) is 1.28. The highest BCUT2D eigenvalue weighted by Crippen LogP contribution is 2.06. The molecule has 0 bridgehead atoms. The van der Waals surface area contributed by atoms with Crippen LogP contribution in [0.4, 0.5) is 0 Å². The summed E-state index contributed by atoms with van der Waals surface area (Å²) in [5, 5.41) is 7.91. The van der Waals surface area contributed by atoms with Gasteiger partial charge in [0.15, 0.2) is 0 Å². The van der Waals surface area contributed by atoms with Gasteiger partial charge in [-0.05, 0) is 19.3 Å². The maximum Gasteiger partial charge on any atom is 0.303 e. The van der Waals surface area contributed by atoms with Gasteiger partial charge in [-0.15, -0.1) is 6.58 Å². The SMILES string of the molecule is C=CCCCCCCCC.CCCC(=O)O. The summed E-state index contributed by atoms with van der Waals surface area (Å²) >= 11 is 0. The molecule has 0 aromatic carbocycles. The van der Waals surface area contributed by atoms with Crippen LogP contribution in [0.5, 0.6) is 0 Å². The summed E-state index contributed by atoms with van der Waals surface area (Å²) in [5.41, 5.74) is 0. The molecule has 2 heteroatoms. The molecule has 0 heterocycles. The Hall–Kier alpha value is -0.790. The molecule has 0 saturated carbocycles. The number of hydrogen-bond donors (Lipinski definition) is 1. The van der Waals surface area contributed by atoms with Gasteiger partial charge in [0.05, 0.1) is 0 Å². The molecular formula is C14H28O2. The quantitative estimate of drug-likeness (QED) is 0.455. The Bertz CT molecular complexity index is 153. The van der Waals surface area contributed by atoms with Gasteiger partial charge in [0, 0.05) is 6.42 Å². The Balaban J connectivity index is 0. The average molecular weight is 228 g/mol. The van der Waals surface area contributed by atoms with Gasteiger partial charge in [0.25, 0.3) is 0 Å². The monoisotopic (exact) mass is 228 g/mol. The van der Waals surface area contributed by atoms with Crippen LogP contribution in [0.15, 0.2) is 12.7 Å². The maximum atomic E-state index is 9.60. The minimum atomic E-state index is -0.711. The normalized spacial score (nSPS) is 9.12. The first-order valence-electron chi connectivity index (χ1n) is 6.51. The Morgan fingerprint density at radius 1 is 1.06 bits per heavy atom. The van der Waals surface area contributed by atoms with Crippen LogP contribution in [0.25, 0.3) is 0 Å². The highest BCUT2D eigenvalue weighted by atomic mass is 16.4. The molecule has 0 saturated heterocycles. The van der Waals surface area contributed by atoms with Crippen molar-refractivity contribution in [3.63, 3.8) is 0 Å². The second-order valence-corrected chi connectivity index (χ2v) is 3.99. The minimum absolute atomic E-state index is 0.292. The molecule has 0 fully saturated rings. The summed E-state index contributed by atoms with van der Waals surface area (Å²) < 4.78 is 0. The van der Waals surface area contributed by atoms with Crippen LogP contribution in [0.3, 0.4) is 0 Å². The van der Waals surface area contributed by atoms with E-state index in [-0.39, 0.29) is 0 Å². The zero-order chi connectivity index (χ0) is 12.6. The Labute approximate surface area is 101 Å². The molecule has 1 N–H and O–H groups in total. The van der Waals surface area contributed by atoms with E-state index in [0.717, 1.165) is 6.42 Å². The number of aliphatic carboxylic acids is 1. The van der Waals surface area contributed by atoms with Crippen LogP contribution in [0, 0.1) is 0 Å². The largest absolute Gasteiger partial charge is 0.481 e. The fraction of sp³-hybridized carbons (Fsp3) is 0.786. The third-order valence-electron chi connectivity index (χ3n) is 2.23. The molecule has 0 unspecified atom stereocenters. The lowest BCUT2D eigenvalue weighted by Crippen LogP contribution is -1.90. The summed E-state index contributed by atoms with van der Waals surface area (Å²) in [6.45, 7) is 7.79. The van der Waals surface area contributed by atoms with Crippen molar-refractivity contribution < 1.29 is 9.90 Å². The Morgan fingerprint density at radius 2 is 1.62 bits per heavy atom. The molecule has 0 aliphatic rings. The summed E-state index contributed by atoms with van der Waals surface area (Å²) in [7, 11) is 0. The summed E-state index contributed by atoms with van der Waals surface area (Å²) in [4.78, 5) is 9.60. The summed E-state index contributed by atoms with van der Waals surface area (Å²) in [6, 6.07) is 0. The Kier molecular flexibility index (Phi) is 18.3. The van der Waals surface area contributed by atoms with E-state index >= 15 is 0 Å². The molecule has 0 amide bonds. The second-order valence-electron chi connectivity index (χ2n) is 3.99. The van der Waals surface area contributed by atoms with Gasteiger partial charge in [0.1, 0.15) is 0 Å². The number of carboxylic acids is 1. The van der Waals surface area contributed by atoms with Crippen molar-refractivity contribution in [2.75, 3.05) is 0 Å². The first kappa shape index (κ1) is 17.6. The molecule has 0 atom stereocenters. The van der Waals surface area contributed by atoms with Crippen LogP contribution < -0.4 is 0 Å². The van der Waals surface area contributed by atoms with E-state index in [4.69, 9.17) is 5.11 Å². The van der Waals surface area contributed by atoms with Gasteiger partial charge in [-0.2, -0.15) is 0 Å². The number of unbranched alkanes of at least 4 members (excludes halogenated alkanes) is 6. The van der Waals surface area contributed by atoms with Gasteiger partial charge in [-0.25, -0.2) is 0 Å². The maximum absolute atomic E-state index is 9.60. The smallest absolute Gasteiger partial charge is 0.303 e. The molecule has 0 spiro atoms. The third kappa shape index (κ3) is 23.2. The Morgan fingerprint density at radius 3 is 2.00 bits per heavy atom. The van der Waals surface area contributed by atoms with Gasteiger partial charge in [-0.3, -0.25) is 4.79 Å². The van der Waals surface area contributed by atoms with Gasteiger partial charge < -0.3 is 5.11 Å². The first-order valence-corrected chi connectivity index (χ1v) is 6.51. The van der Waals surface area contributed by atoms with Crippen molar-refractivity contribution in [1.82, 2.24) is 0 Å². The lowest BCUT2D eigenvalue weighted by molar-refractivity contribution is -0.137. The van der Waals surface area contributed by atoms with Gasteiger partial charge in [-0.1, -0.05) is 52.0 Å². The predicted octanol–water partition coefficient (Wildman–Crippen LogP) is 4.79. The zero-order valence-corrected chi connectivity index (χ0v) is 11.0. The molecule has 0 radical (unpaired) electrons. The van der Waals surface area contributed by atoms with Crippen LogP contribution in [0.2, 0.25) is 0 Å². The average Bonchev–Trinajstić information content (AvgIpc) is 2.24. The summed E-state index contributed by atoms with van der Waals surface area (Å²) in [6.07, 6.45) is 12.6. The molecule has 96 valence electrons. The van der Waals surface area contributed by atoms with E-state index in [1.54, 1.807) is 0 Å². The highest BCUT2D eigenvalue weighted by Gasteiger charge is 1.87. The van der Waals surface area contributed by atoms with E-state index in [1.807, 2.05) is 13.0 Å². The second kappa shape index (κ2) is 16.6. The van der Waals surface area contributed by atoms with Crippen molar-refractivity contribution in [3.05, 3.63) is 12.7 Å². The van der Waals surface area contributed by atoms with E-state index in [1.165, 1.54) is 44.9 Å². The highest BCUT2D eigenvalue weighted by molar-refractivity contribution is 5.66. The molecule has 0 aromatic heterocycles. The molecule has 2 nitrogen and oxygen atoms in total. The first-order chi connectivity index (χ1) is 7.68. The molecular weight excluding hydrogens is 200 g/mol. The van der Waals surface area contributed by atoms with E-state index in [9.17, 15) is 4.79 Å². The topological polar surface area (TPSA) is 37.3 Å². The van der Waals surface area contributed by atoms with Crippen LogP contribution >= 0.6 is 0 Å². The molecule has 0 aliphatic carbocycles. The van der Waals surface area contributed by atoms with Crippen molar-refractivity contribution in [3.8, 4) is 0 Å². The van der Waals surface area contributed by atoms with E-state index in [2.05, 4.69) is 13.5 Å². The molecule has 0 aliphatic heterocycles. The van der Waals surface area contributed by atoms with E-state index < -0.39 is 5.97 Å². The van der Waals surface area contributed by atoms with Gasteiger partial charge in [0.2, 0.25) is 0 Å². The van der Waals surface area contributed by atoms with Crippen LogP contribution in [-0.2, 0) is 4.79 Å². The van der Waals surface area contributed by atoms with Crippen molar-refractivity contribution in [2.24, 2.45) is 0 Å². The van der Waals surface area contributed by atoms with Gasteiger partial charge >= 0.3 is 5.97 Å². The fourth-order valence-corrected chi connectivity index (χ4v) is 1.28. The minimum Gasteiger partial charge on any atom is -0.481 e. The van der Waals surface area contributed by atoms with Crippen molar-refractivity contribution >= 4 is 5.97 Å². The predicted molar refractivity (Wildman–Crippen MR) is 70.7 cm³/mol. The summed E-state index contributed by atoms with van der Waals surface area (Å²) in [5.74, 6) is -0.711. The lowest BCUT2D eigenvalue weighted by atomic mass is 10.1. The third-order valence-corrected chi connectivity index (χ3v) is 2.23. The standard InChI is InChI=1S/C10H20.C4H8O2/c1-3-5-7-9-10-8-6-4-2;1-2-3-4(5)6/h3H,1,4-10H2,2H3;2-3H2,1H3,(H,5,6). The number of rotatable bonds is 9.